The average Bonchev–Trinajstić information content (AvgIpc) is 3.19. The van der Waals surface area contributed by atoms with E-state index in [0.717, 1.165) is 39.2 Å². The summed E-state index contributed by atoms with van der Waals surface area (Å²) >= 11 is 0. The molecular formula is C17H34N4O2. The van der Waals surface area contributed by atoms with Crippen LogP contribution in [0.15, 0.2) is 12.2 Å². The van der Waals surface area contributed by atoms with Crippen molar-refractivity contribution in [2.45, 2.75) is 20.3 Å². The van der Waals surface area contributed by atoms with Gasteiger partial charge in [-0.15, -0.1) is 12.8 Å². The van der Waals surface area contributed by atoms with Gasteiger partial charge in [-0.05, 0) is 27.3 Å². The van der Waals surface area contributed by atoms with Crippen molar-refractivity contribution in [1.82, 2.24) is 9.80 Å². The van der Waals surface area contributed by atoms with Crippen LogP contribution in [0.2, 0.25) is 0 Å². The van der Waals surface area contributed by atoms with E-state index < -0.39 is 0 Å². The molecule has 6 nitrogen and oxygen atoms in total. The zero-order valence-electron chi connectivity index (χ0n) is 14.9. The van der Waals surface area contributed by atoms with Crippen LogP contribution in [-0.4, -0.2) is 68.8 Å². The van der Waals surface area contributed by atoms with Crippen molar-refractivity contribution in [2.75, 3.05) is 53.1 Å². The number of piperazine rings is 1. The van der Waals surface area contributed by atoms with Crippen LogP contribution >= 0.6 is 0 Å². The van der Waals surface area contributed by atoms with Crippen molar-refractivity contribution in [3.8, 4) is 12.8 Å². The highest BCUT2D eigenvalue weighted by atomic mass is 16.5. The van der Waals surface area contributed by atoms with Gasteiger partial charge < -0.3 is 21.1 Å². The smallest absolute Gasteiger partial charge is 0.228 e. The molecule has 2 rings (SSSR count). The summed E-state index contributed by atoms with van der Waals surface area (Å²) in [7, 11) is 1.50. The Hall–Kier alpha value is -1.39. The van der Waals surface area contributed by atoms with Crippen LogP contribution in [0.4, 0.5) is 0 Å². The van der Waals surface area contributed by atoms with Crippen LogP contribution < -0.4 is 11.5 Å². The highest BCUT2D eigenvalue weighted by Gasteiger charge is 2.29. The van der Waals surface area contributed by atoms with Crippen LogP contribution in [0.25, 0.3) is 0 Å². The van der Waals surface area contributed by atoms with Gasteiger partial charge in [-0.2, -0.15) is 0 Å². The first-order valence-corrected chi connectivity index (χ1v) is 8.00. The van der Waals surface area contributed by atoms with E-state index in [1.165, 1.54) is 7.05 Å². The van der Waals surface area contributed by atoms with E-state index in [9.17, 15) is 4.79 Å². The van der Waals surface area contributed by atoms with Crippen molar-refractivity contribution in [3.05, 3.63) is 12.2 Å². The molecule has 1 unspecified atom stereocenters. The number of allylic oxidation sites excluding steroid dienone is 2. The van der Waals surface area contributed by atoms with Crippen LogP contribution in [-0.2, 0) is 9.53 Å². The maximum Gasteiger partial charge on any atom is 0.228 e. The van der Waals surface area contributed by atoms with Gasteiger partial charge in [-0.3, -0.25) is 9.69 Å². The standard InChI is InChI=1S/C10H19N3O2.C4H8.C2H2.CH5N/c11-8-12-2-4-13(5-3-12)10(14)9-1-6-15-7-9;1-3-4-2;2*1-2/h9H,1-8,11H2;3-4H,1-2H3;1-2H;2H2,1H3/b;4-3+;;. The van der Waals surface area contributed by atoms with Gasteiger partial charge in [-0.1, -0.05) is 12.2 Å². The van der Waals surface area contributed by atoms with Crippen molar-refractivity contribution in [2.24, 2.45) is 17.4 Å². The summed E-state index contributed by atoms with van der Waals surface area (Å²) in [6, 6.07) is 0. The summed E-state index contributed by atoms with van der Waals surface area (Å²) in [5, 5.41) is 0. The number of amides is 1. The number of nitrogens with two attached hydrogens (primary N) is 2. The number of ether oxygens (including phenoxy) is 1. The molecule has 2 aliphatic rings. The number of rotatable bonds is 2. The van der Waals surface area contributed by atoms with Gasteiger partial charge in [0, 0.05) is 39.5 Å². The molecule has 1 atom stereocenters. The second-order valence-corrected chi connectivity index (χ2v) is 4.85. The lowest BCUT2D eigenvalue weighted by molar-refractivity contribution is -0.137. The highest BCUT2D eigenvalue weighted by molar-refractivity contribution is 5.79. The minimum absolute atomic E-state index is 0.106. The van der Waals surface area contributed by atoms with E-state index in [1.54, 1.807) is 0 Å². The number of hydrogen-bond donors (Lipinski definition) is 2. The van der Waals surface area contributed by atoms with E-state index >= 15 is 0 Å². The van der Waals surface area contributed by atoms with Gasteiger partial charge >= 0.3 is 0 Å². The van der Waals surface area contributed by atoms with E-state index in [0.29, 0.717) is 13.3 Å². The fraction of sp³-hybridized carbons (Fsp3) is 0.706. The summed E-state index contributed by atoms with van der Waals surface area (Å²) in [4.78, 5) is 16.1. The van der Waals surface area contributed by atoms with Gasteiger partial charge in [0.05, 0.1) is 12.5 Å². The van der Waals surface area contributed by atoms with Gasteiger partial charge in [0.25, 0.3) is 0 Å². The van der Waals surface area contributed by atoms with Crippen molar-refractivity contribution >= 4 is 5.91 Å². The summed E-state index contributed by atoms with van der Waals surface area (Å²) in [6.45, 7) is 9.36. The number of carbonyl (C=O) groups excluding carboxylic acids is 1. The molecule has 4 N–H and O–H groups in total. The third-order valence-corrected chi connectivity index (χ3v) is 3.55. The second-order valence-electron chi connectivity index (χ2n) is 4.85. The Morgan fingerprint density at radius 1 is 1.17 bits per heavy atom. The Kier molecular flexibility index (Phi) is 17.6. The minimum Gasteiger partial charge on any atom is -0.381 e. The van der Waals surface area contributed by atoms with E-state index in [2.05, 4.69) is 23.5 Å². The monoisotopic (exact) mass is 326 g/mol. The Labute approximate surface area is 141 Å². The number of carbonyl (C=O) groups is 1. The molecule has 134 valence electrons. The molecule has 6 heteroatoms. The van der Waals surface area contributed by atoms with Crippen LogP contribution in [0.5, 0.6) is 0 Å². The Morgan fingerprint density at radius 3 is 2.04 bits per heavy atom. The molecule has 0 aromatic rings. The minimum atomic E-state index is 0.106. The molecule has 0 radical (unpaired) electrons. The van der Waals surface area contributed by atoms with Crippen LogP contribution in [0.3, 0.4) is 0 Å². The normalized spacial score (nSPS) is 20.5. The van der Waals surface area contributed by atoms with Crippen LogP contribution in [0.1, 0.15) is 20.3 Å². The molecule has 2 fully saturated rings. The summed E-state index contributed by atoms with van der Waals surface area (Å²) < 4.78 is 5.23. The first-order valence-electron chi connectivity index (χ1n) is 8.00. The topological polar surface area (TPSA) is 84.8 Å². The van der Waals surface area contributed by atoms with Gasteiger partial charge in [-0.25, -0.2) is 0 Å². The number of terminal acetylenes is 1. The lowest BCUT2D eigenvalue weighted by atomic mass is 10.1. The molecule has 23 heavy (non-hydrogen) atoms. The first-order chi connectivity index (χ1) is 11.2. The SMILES string of the molecule is C#C.C/C=C/C.CN.NCN1CCN(C(=O)C2CCOC2)CC1. The molecule has 2 heterocycles. The Balaban J connectivity index is 0. The molecular weight excluding hydrogens is 292 g/mol. The molecule has 0 aromatic carbocycles. The Bertz CT molecular complexity index is 314. The van der Waals surface area contributed by atoms with E-state index in [1.807, 2.05) is 30.9 Å². The van der Waals surface area contributed by atoms with E-state index in [4.69, 9.17) is 10.5 Å². The lowest BCUT2D eigenvalue weighted by Crippen LogP contribution is -2.51. The molecule has 0 aromatic heterocycles. The summed E-state index contributed by atoms with van der Waals surface area (Å²) in [5.74, 6) is 0.374. The third-order valence-electron chi connectivity index (χ3n) is 3.55. The zero-order chi connectivity index (χ0) is 18.1. The second kappa shape index (κ2) is 17.0. The molecule has 0 aliphatic carbocycles. The molecule has 1 amide bonds. The summed E-state index contributed by atoms with van der Waals surface area (Å²) in [5.41, 5.74) is 10.0. The molecule has 0 saturated carbocycles. The fourth-order valence-corrected chi connectivity index (χ4v) is 2.14. The Morgan fingerprint density at radius 2 is 1.70 bits per heavy atom. The predicted octanol–water partition coefficient (Wildman–Crippen LogP) is 0.490. The maximum absolute atomic E-state index is 12.0. The predicted molar refractivity (Wildman–Crippen MR) is 96.6 cm³/mol. The molecule has 2 saturated heterocycles. The lowest BCUT2D eigenvalue weighted by Gasteiger charge is -2.34. The maximum atomic E-state index is 12.0. The van der Waals surface area contributed by atoms with Crippen LogP contribution in [0, 0.1) is 18.8 Å². The molecule has 0 bridgehead atoms. The highest BCUT2D eigenvalue weighted by Crippen LogP contribution is 2.16. The molecule has 0 spiro atoms. The van der Waals surface area contributed by atoms with Gasteiger partial charge in [0.15, 0.2) is 0 Å². The van der Waals surface area contributed by atoms with Gasteiger partial charge in [0.2, 0.25) is 5.91 Å². The fourth-order valence-electron chi connectivity index (χ4n) is 2.14. The number of nitrogens with zero attached hydrogens (tertiary/aromatic N) is 2. The van der Waals surface area contributed by atoms with E-state index in [-0.39, 0.29) is 11.8 Å². The molecule has 2 aliphatic heterocycles. The average molecular weight is 326 g/mol. The first kappa shape index (κ1) is 23.9. The quantitative estimate of drug-likeness (QED) is 0.570. The zero-order valence-corrected chi connectivity index (χ0v) is 14.9. The third kappa shape index (κ3) is 10.1. The van der Waals surface area contributed by atoms with Crippen molar-refractivity contribution in [1.29, 1.82) is 0 Å². The van der Waals surface area contributed by atoms with Gasteiger partial charge in [0.1, 0.15) is 0 Å². The number of hydrogen-bond acceptors (Lipinski definition) is 5. The van der Waals surface area contributed by atoms with Crippen molar-refractivity contribution < 1.29 is 9.53 Å². The largest absolute Gasteiger partial charge is 0.381 e. The summed E-state index contributed by atoms with van der Waals surface area (Å²) in [6.07, 6.45) is 12.9. The van der Waals surface area contributed by atoms with Crippen molar-refractivity contribution in [3.63, 3.8) is 0 Å².